The van der Waals surface area contributed by atoms with E-state index in [-0.39, 0.29) is 45.5 Å². The Labute approximate surface area is 698 Å². The minimum atomic E-state index is -4.86. The van der Waals surface area contributed by atoms with Crippen LogP contribution in [0, 0.1) is 0 Å². The number of benzene rings is 3. The molecule has 0 spiro atoms. The molecule has 17 nitrogen and oxygen atoms in total. The van der Waals surface area contributed by atoms with Crippen molar-refractivity contribution >= 4 is 37.6 Å². The summed E-state index contributed by atoms with van der Waals surface area (Å²) in [6, 6.07) is 26.2. The van der Waals surface area contributed by atoms with E-state index in [1.54, 1.807) is 24.3 Å². The van der Waals surface area contributed by atoms with Gasteiger partial charge in [0.2, 0.25) is 5.91 Å². The van der Waals surface area contributed by atoms with Crippen LogP contribution in [-0.2, 0) is 90.4 Å². The molecular formula is C97H162NO16P. The average molecular weight is 1630 g/mol. The lowest BCUT2D eigenvalue weighted by Crippen LogP contribution is -2.66. The number of ether oxygens (including phenoxy) is 6. The van der Waals surface area contributed by atoms with Crippen molar-refractivity contribution in [3.63, 3.8) is 0 Å². The van der Waals surface area contributed by atoms with Crippen molar-refractivity contribution in [1.82, 2.24) is 5.32 Å². The lowest BCUT2D eigenvalue weighted by molar-refractivity contribution is -0.261. The Balaban J connectivity index is 1.81. The minimum absolute atomic E-state index is 0.185. The summed E-state index contributed by atoms with van der Waals surface area (Å²) in [7, 11) is -4.86. The Hall–Kier alpha value is -5.00. The minimum Gasteiger partial charge on any atom is -0.462 e. The van der Waals surface area contributed by atoms with E-state index in [0.29, 0.717) is 56.1 Å². The highest BCUT2D eigenvalue weighted by Crippen LogP contribution is 2.53. The molecule has 0 bridgehead atoms. The maximum atomic E-state index is 15.7. The molecular weight excluding hydrogens is 1470 g/mol. The van der Waals surface area contributed by atoms with E-state index in [1.807, 2.05) is 66.7 Å². The first-order valence-corrected chi connectivity index (χ1v) is 48.4. The number of nitrogens with one attached hydrogen (secondary N) is 1. The van der Waals surface area contributed by atoms with Crippen molar-refractivity contribution in [2.24, 2.45) is 0 Å². The number of aliphatic hydroxyl groups excluding tert-OH is 1. The number of hydrogen-bond donors (Lipinski definition) is 2. The van der Waals surface area contributed by atoms with Crippen LogP contribution in [0.15, 0.2) is 91.0 Å². The van der Waals surface area contributed by atoms with Crippen LogP contribution in [0.1, 0.15) is 417 Å². The Morgan fingerprint density at radius 1 is 0.365 bits per heavy atom. The van der Waals surface area contributed by atoms with Gasteiger partial charge in [-0.05, 0) is 61.6 Å². The Morgan fingerprint density at radius 2 is 0.661 bits per heavy atom. The van der Waals surface area contributed by atoms with Crippen LogP contribution in [0.5, 0.6) is 0 Å². The number of rotatable bonds is 77. The lowest BCUT2D eigenvalue weighted by atomic mass is 9.95. The maximum absolute atomic E-state index is 15.7. The molecule has 1 fully saturated rings. The third-order valence-corrected chi connectivity index (χ3v) is 23.7. The summed E-state index contributed by atoms with van der Waals surface area (Å²) >= 11 is 0. The fraction of sp³-hybridized carbons (Fsp3) is 0.763. The zero-order valence-electron chi connectivity index (χ0n) is 72.9. The van der Waals surface area contributed by atoms with Crippen LogP contribution in [0.2, 0.25) is 0 Å². The highest BCUT2D eigenvalue weighted by Gasteiger charge is 2.54. The summed E-state index contributed by atoms with van der Waals surface area (Å²) in [5, 5.41) is 14.8. The van der Waals surface area contributed by atoms with Crippen molar-refractivity contribution in [3.8, 4) is 0 Å². The van der Waals surface area contributed by atoms with Gasteiger partial charge in [-0.2, -0.15) is 0 Å². The van der Waals surface area contributed by atoms with Gasteiger partial charge in [0.1, 0.15) is 24.4 Å². The summed E-state index contributed by atoms with van der Waals surface area (Å²) in [5.41, 5.74) is 2.20. The highest BCUT2D eigenvalue weighted by molar-refractivity contribution is 7.48. The second-order valence-corrected chi connectivity index (χ2v) is 34.6. The maximum Gasteiger partial charge on any atom is 0.477 e. The second kappa shape index (κ2) is 69.8. The molecule has 8 atom stereocenters. The van der Waals surface area contributed by atoms with Crippen molar-refractivity contribution in [2.45, 2.75) is 469 Å². The van der Waals surface area contributed by atoms with Crippen LogP contribution in [0.4, 0.5) is 0 Å². The Morgan fingerprint density at radius 3 is 0.991 bits per heavy atom. The largest absolute Gasteiger partial charge is 0.477 e. The first kappa shape index (κ1) is 102. The number of hydrogen-bond acceptors (Lipinski definition) is 16. The molecule has 1 heterocycles. The van der Waals surface area contributed by atoms with E-state index < -0.39 is 99.6 Å². The molecule has 1 saturated heterocycles. The molecule has 1 aliphatic heterocycles. The summed E-state index contributed by atoms with van der Waals surface area (Å²) < 4.78 is 73.8. The number of esters is 4. The molecule has 0 radical (unpaired) electrons. The van der Waals surface area contributed by atoms with Crippen LogP contribution >= 0.6 is 7.82 Å². The smallest absolute Gasteiger partial charge is 0.462 e. The van der Waals surface area contributed by atoms with Crippen molar-refractivity contribution in [1.29, 1.82) is 0 Å². The van der Waals surface area contributed by atoms with Gasteiger partial charge >= 0.3 is 31.7 Å². The second-order valence-electron chi connectivity index (χ2n) is 33.0. The molecule has 3 aromatic carbocycles. The zero-order chi connectivity index (χ0) is 82.5. The topological polar surface area (TPSA) is 218 Å². The monoisotopic (exact) mass is 1630 g/mol. The molecule has 3 aromatic rings. The third kappa shape index (κ3) is 52.6. The van der Waals surface area contributed by atoms with E-state index in [4.69, 9.17) is 42.0 Å². The number of unbranched alkanes of at least 4 members (excludes halogenated alkanes) is 44. The van der Waals surface area contributed by atoms with E-state index >= 15 is 18.9 Å². The molecule has 0 unspecified atom stereocenters. The number of phosphoric ester groups is 1. The fourth-order valence-electron chi connectivity index (χ4n) is 15.3. The van der Waals surface area contributed by atoms with Gasteiger partial charge in [-0.15, -0.1) is 0 Å². The van der Waals surface area contributed by atoms with Gasteiger partial charge in [0.15, 0.2) is 18.5 Å². The quantitative estimate of drug-likeness (QED) is 0.0232. The first-order valence-electron chi connectivity index (χ1n) is 47.0. The third-order valence-electron chi connectivity index (χ3n) is 22.4. The number of carbonyl (C=O) groups excluding carboxylic acids is 5. The summed E-state index contributed by atoms with van der Waals surface area (Å²) in [5.74, 6) is -3.09. The van der Waals surface area contributed by atoms with Crippen LogP contribution in [0.3, 0.4) is 0 Å². The molecule has 0 saturated carbocycles. The predicted octanol–water partition coefficient (Wildman–Crippen LogP) is 26.3. The standard InChI is InChI=1S/C97H162NO16P/c1-6-11-16-21-26-31-33-38-43-48-62-73-90(101)109-86(71-60-46-41-36-29-24-19-14-9-4)76-92(103)112-95-88(78-99)111-97(114-115(105,107-80-83-66-55-51-56-67-83)108-81-84-68-57-52-58-69-84)94(98-89(100)75-85(106-79-82-64-53-50-54-65-82)70-59-45-40-35-28-23-18-13-8-3)96(95)113-93(104)77-87(72-61-47-42-37-30-25-20-15-10-5)110-91(102)74-63-49-44-39-34-32-27-22-17-12-7-2/h50-58,64-69,85-88,94-97,99H,6-49,59-63,70-81H2,1-5H3,(H,98,100)/t85-,86-,87-,88-,94-,95-,96-,97-/m1/s1. The normalized spacial score (nSPS) is 16.4. The number of phosphoric acid groups is 1. The first-order chi connectivity index (χ1) is 56.3. The SMILES string of the molecule is CCCCCCCCCCCCCC(=O)O[C@H](CCCCCCCCCCC)CC(=O)O[C@@H]1[C@@H](NC(=O)C[C@@H](CCCCCCCCCCC)OCc2ccccc2)[C@@H](OP(=O)(OCc2ccccc2)OCc2ccccc2)O[C@H](CO)[C@H]1OC(=O)C[C@@H](CCCCCCCCCCC)OC(=O)CCCCCCCCCCCCC. The number of amides is 1. The fourth-order valence-corrected chi connectivity index (χ4v) is 16.6. The summed E-state index contributed by atoms with van der Waals surface area (Å²) in [6.45, 7) is 9.99. The molecule has 115 heavy (non-hydrogen) atoms. The van der Waals surface area contributed by atoms with E-state index in [9.17, 15) is 14.7 Å². The zero-order valence-corrected chi connectivity index (χ0v) is 73.8. The molecule has 18 heteroatoms. The molecule has 0 aliphatic carbocycles. The lowest BCUT2D eigenvalue weighted by Gasteiger charge is -2.45. The van der Waals surface area contributed by atoms with Crippen LogP contribution < -0.4 is 5.32 Å². The molecule has 0 aromatic heterocycles. The van der Waals surface area contributed by atoms with Gasteiger partial charge < -0.3 is 38.8 Å². The van der Waals surface area contributed by atoms with Crippen molar-refractivity contribution in [3.05, 3.63) is 108 Å². The Bertz CT molecular complexity index is 2820. The number of carbonyl (C=O) groups is 5. The molecule has 656 valence electrons. The van der Waals surface area contributed by atoms with E-state index in [2.05, 4.69) is 39.9 Å². The van der Waals surface area contributed by atoms with Gasteiger partial charge in [0.05, 0.1) is 51.8 Å². The molecule has 4 rings (SSSR count). The van der Waals surface area contributed by atoms with E-state index in [1.165, 1.54) is 173 Å². The molecule has 1 amide bonds. The van der Waals surface area contributed by atoms with Crippen LogP contribution in [0.25, 0.3) is 0 Å². The van der Waals surface area contributed by atoms with Crippen molar-refractivity contribution < 1.29 is 75.6 Å². The Kier molecular flexibility index (Phi) is 62.1. The van der Waals surface area contributed by atoms with Gasteiger partial charge in [-0.25, -0.2) is 4.57 Å². The van der Waals surface area contributed by atoms with Gasteiger partial charge in [0.25, 0.3) is 0 Å². The van der Waals surface area contributed by atoms with Gasteiger partial charge in [-0.3, -0.25) is 37.5 Å². The van der Waals surface area contributed by atoms with Gasteiger partial charge in [0, 0.05) is 12.8 Å². The predicted molar refractivity (Wildman–Crippen MR) is 465 cm³/mol. The van der Waals surface area contributed by atoms with Gasteiger partial charge in [-0.1, -0.05) is 415 Å². The van der Waals surface area contributed by atoms with Crippen LogP contribution in [-0.4, -0.2) is 90.5 Å². The summed E-state index contributed by atoms with van der Waals surface area (Å²) in [4.78, 5) is 74.0. The van der Waals surface area contributed by atoms with E-state index in [0.717, 1.165) is 121 Å². The number of aliphatic hydroxyl groups is 1. The average Bonchev–Trinajstić information content (AvgIpc) is 0.774. The highest BCUT2D eigenvalue weighted by atomic mass is 31.2. The summed E-state index contributed by atoms with van der Waals surface area (Å²) in [6.07, 6.45) is 45.3. The molecule has 2 N–H and O–H groups in total. The molecule has 1 aliphatic rings. The van der Waals surface area contributed by atoms with Crippen molar-refractivity contribution in [2.75, 3.05) is 6.61 Å².